The Balaban J connectivity index is 1.23. The van der Waals surface area contributed by atoms with Crippen LogP contribution in [-0.2, 0) is 5.41 Å². The van der Waals surface area contributed by atoms with Crippen LogP contribution in [0.4, 0.5) is 0 Å². The number of nitrogens with zero attached hydrogens (tertiary/aromatic N) is 3. The van der Waals surface area contributed by atoms with Gasteiger partial charge in [-0.3, -0.25) is 4.57 Å². The highest BCUT2D eigenvalue weighted by Crippen LogP contribution is 2.62. The summed E-state index contributed by atoms with van der Waals surface area (Å²) in [6.45, 7) is 0. The third-order valence-corrected chi connectivity index (χ3v) is 11.7. The van der Waals surface area contributed by atoms with Gasteiger partial charge in [0.25, 0.3) is 0 Å². The number of aromatic nitrogens is 3. The van der Waals surface area contributed by atoms with Gasteiger partial charge in [-0.15, -0.1) is 0 Å². The summed E-state index contributed by atoms with van der Waals surface area (Å²) in [5.41, 5.74) is 12.6. The molecule has 10 aromatic rings. The number of hydrogen-bond donors (Lipinski definition) is 0. The normalized spacial score (nSPS) is 13.4. The minimum atomic E-state index is -0.575. The van der Waals surface area contributed by atoms with Crippen LogP contribution in [0, 0.1) is 0 Å². The zero-order valence-electron chi connectivity index (χ0n) is 29.6. The fourth-order valence-electron chi connectivity index (χ4n) is 9.40. The van der Waals surface area contributed by atoms with Gasteiger partial charge in [-0.05, 0) is 57.3 Å². The average Bonchev–Trinajstić information content (AvgIpc) is 3.74. The van der Waals surface area contributed by atoms with E-state index in [-0.39, 0.29) is 0 Å². The highest BCUT2D eigenvalue weighted by Gasteiger charge is 2.51. The standard InChI is InChI=1S/C51H31N3O/c1-3-16-33(17-4-1)43-30-44(34-18-5-2-6-19-34)53-50(52-43)54-45-28-27-32-15-7-8-20-35(32)49(45)38-29-42-48(31-46(38)54)55-47-26-14-13-25-41(47)51(42)39-23-11-9-21-36(39)37-22-10-12-24-40(37)51/h1-31H. The molecule has 0 unspecified atom stereocenters. The lowest BCUT2D eigenvalue weighted by molar-refractivity contribution is 0.437. The van der Waals surface area contributed by atoms with Crippen molar-refractivity contribution in [2.24, 2.45) is 0 Å². The molecule has 12 rings (SSSR count). The maximum absolute atomic E-state index is 7.01. The molecule has 4 heteroatoms. The van der Waals surface area contributed by atoms with Gasteiger partial charge in [-0.25, -0.2) is 9.97 Å². The van der Waals surface area contributed by atoms with Crippen molar-refractivity contribution >= 4 is 32.6 Å². The van der Waals surface area contributed by atoms with Gasteiger partial charge in [0.15, 0.2) is 0 Å². The van der Waals surface area contributed by atoms with E-state index >= 15 is 0 Å². The van der Waals surface area contributed by atoms with Crippen molar-refractivity contribution in [3.8, 4) is 51.1 Å². The number of para-hydroxylation sites is 1. The van der Waals surface area contributed by atoms with E-state index in [0.717, 1.165) is 61.6 Å². The molecule has 0 radical (unpaired) electrons. The smallest absolute Gasteiger partial charge is 0.235 e. The zero-order valence-corrected chi connectivity index (χ0v) is 29.6. The van der Waals surface area contributed by atoms with Crippen molar-refractivity contribution in [2.75, 3.05) is 0 Å². The van der Waals surface area contributed by atoms with Crippen LogP contribution in [0.5, 0.6) is 11.5 Å². The summed E-state index contributed by atoms with van der Waals surface area (Å²) < 4.78 is 9.25. The summed E-state index contributed by atoms with van der Waals surface area (Å²) in [4.78, 5) is 10.7. The summed E-state index contributed by atoms with van der Waals surface area (Å²) in [7, 11) is 0. The molecule has 0 bridgehead atoms. The Kier molecular flexibility index (Phi) is 6.23. The molecule has 0 fully saturated rings. The average molecular weight is 702 g/mol. The predicted octanol–water partition coefficient (Wildman–Crippen LogP) is 12.5. The Hall–Kier alpha value is -7.30. The first-order chi connectivity index (χ1) is 27.3. The predicted molar refractivity (Wildman–Crippen MR) is 222 cm³/mol. The lowest BCUT2D eigenvalue weighted by atomic mass is 9.66. The molecule has 1 aliphatic heterocycles. The lowest BCUT2D eigenvalue weighted by Gasteiger charge is -2.39. The molecule has 1 spiro atoms. The molecule has 8 aromatic carbocycles. The number of benzene rings is 8. The monoisotopic (exact) mass is 701 g/mol. The Bertz CT molecular complexity index is 3080. The molecule has 4 nitrogen and oxygen atoms in total. The van der Waals surface area contributed by atoms with Gasteiger partial charge in [0.05, 0.1) is 27.8 Å². The first kappa shape index (κ1) is 30.2. The van der Waals surface area contributed by atoms with Gasteiger partial charge < -0.3 is 4.74 Å². The van der Waals surface area contributed by atoms with E-state index in [2.05, 4.69) is 180 Å². The summed E-state index contributed by atoms with van der Waals surface area (Å²) in [5, 5.41) is 4.66. The molecule has 0 N–H and O–H groups in total. The van der Waals surface area contributed by atoms with Crippen molar-refractivity contribution in [2.45, 2.75) is 5.41 Å². The minimum absolute atomic E-state index is 0.575. The fourth-order valence-corrected chi connectivity index (χ4v) is 9.40. The van der Waals surface area contributed by atoms with Crippen LogP contribution in [0.3, 0.4) is 0 Å². The Morgan fingerprint density at radius 1 is 0.418 bits per heavy atom. The van der Waals surface area contributed by atoms with E-state index in [1.165, 1.54) is 38.4 Å². The molecule has 0 saturated heterocycles. The fraction of sp³-hybridized carbons (Fsp3) is 0.0196. The van der Waals surface area contributed by atoms with Gasteiger partial charge in [0.1, 0.15) is 11.5 Å². The second kappa shape index (κ2) is 11.3. The van der Waals surface area contributed by atoms with Crippen molar-refractivity contribution < 1.29 is 4.74 Å². The van der Waals surface area contributed by atoms with Crippen molar-refractivity contribution in [3.63, 3.8) is 0 Å². The van der Waals surface area contributed by atoms with Crippen molar-refractivity contribution in [1.82, 2.24) is 14.5 Å². The van der Waals surface area contributed by atoms with Crippen LogP contribution in [-0.4, -0.2) is 14.5 Å². The quantitative estimate of drug-likeness (QED) is 0.184. The second-order valence-corrected chi connectivity index (χ2v) is 14.5. The van der Waals surface area contributed by atoms with Crippen LogP contribution in [0.2, 0.25) is 0 Å². The van der Waals surface area contributed by atoms with Gasteiger partial charge >= 0.3 is 0 Å². The van der Waals surface area contributed by atoms with Crippen LogP contribution < -0.4 is 4.74 Å². The second-order valence-electron chi connectivity index (χ2n) is 14.5. The van der Waals surface area contributed by atoms with Gasteiger partial charge in [-0.1, -0.05) is 158 Å². The Morgan fingerprint density at radius 2 is 1.00 bits per heavy atom. The van der Waals surface area contributed by atoms with E-state index in [4.69, 9.17) is 14.7 Å². The molecule has 256 valence electrons. The molecule has 1 aliphatic carbocycles. The Morgan fingerprint density at radius 3 is 1.69 bits per heavy atom. The van der Waals surface area contributed by atoms with E-state index in [9.17, 15) is 0 Å². The summed E-state index contributed by atoms with van der Waals surface area (Å²) >= 11 is 0. The summed E-state index contributed by atoms with van der Waals surface area (Å²) in [5.74, 6) is 2.30. The largest absolute Gasteiger partial charge is 0.457 e. The number of ether oxygens (including phenoxy) is 1. The molecule has 2 aromatic heterocycles. The minimum Gasteiger partial charge on any atom is -0.457 e. The summed E-state index contributed by atoms with van der Waals surface area (Å²) in [6.07, 6.45) is 0. The number of fused-ring (bicyclic) bond motifs is 14. The Labute approximate surface area is 317 Å². The third kappa shape index (κ3) is 4.16. The van der Waals surface area contributed by atoms with Crippen molar-refractivity contribution in [1.29, 1.82) is 0 Å². The van der Waals surface area contributed by atoms with Crippen LogP contribution in [0.25, 0.3) is 72.2 Å². The van der Waals surface area contributed by atoms with Crippen molar-refractivity contribution in [3.05, 3.63) is 210 Å². The van der Waals surface area contributed by atoms with E-state index in [1.54, 1.807) is 0 Å². The van der Waals surface area contributed by atoms with E-state index < -0.39 is 5.41 Å². The van der Waals surface area contributed by atoms with Gasteiger partial charge in [-0.2, -0.15) is 0 Å². The molecule has 55 heavy (non-hydrogen) atoms. The molecule has 2 aliphatic rings. The highest BCUT2D eigenvalue weighted by atomic mass is 16.5. The van der Waals surface area contributed by atoms with E-state index in [1.807, 2.05) is 12.1 Å². The molecule has 0 amide bonds. The van der Waals surface area contributed by atoms with Crippen LogP contribution in [0.1, 0.15) is 22.3 Å². The lowest BCUT2D eigenvalue weighted by Crippen LogP contribution is -2.32. The van der Waals surface area contributed by atoms with Gasteiger partial charge in [0.2, 0.25) is 5.95 Å². The maximum atomic E-state index is 7.01. The van der Waals surface area contributed by atoms with Crippen LogP contribution in [0.15, 0.2) is 188 Å². The number of hydrogen-bond acceptors (Lipinski definition) is 3. The zero-order chi connectivity index (χ0) is 36.1. The SMILES string of the molecule is c1ccc(-c2cc(-c3ccccc3)nc(-n3c4cc5c(cc4c4c6ccccc6ccc43)C3(c4ccccc4O5)c4ccccc4-c4ccccc43)n2)cc1. The third-order valence-electron chi connectivity index (χ3n) is 11.7. The summed E-state index contributed by atoms with van der Waals surface area (Å²) in [6, 6.07) is 66.9. The molecular weight excluding hydrogens is 671 g/mol. The molecule has 3 heterocycles. The molecule has 0 saturated carbocycles. The first-order valence-corrected chi connectivity index (χ1v) is 18.7. The molecule has 0 atom stereocenters. The first-order valence-electron chi connectivity index (χ1n) is 18.7. The maximum Gasteiger partial charge on any atom is 0.235 e. The van der Waals surface area contributed by atoms with Crippen LogP contribution >= 0.6 is 0 Å². The van der Waals surface area contributed by atoms with E-state index in [0.29, 0.717) is 5.95 Å². The van der Waals surface area contributed by atoms with Gasteiger partial charge in [0, 0.05) is 39.1 Å². The highest BCUT2D eigenvalue weighted by molar-refractivity contribution is 6.21. The topological polar surface area (TPSA) is 39.9 Å². The molecular formula is C51H31N3O. The number of rotatable bonds is 3.